The Labute approximate surface area is 280 Å². The van der Waals surface area contributed by atoms with Gasteiger partial charge in [-0.1, -0.05) is 79.6 Å². The van der Waals surface area contributed by atoms with E-state index in [1.54, 1.807) is 36.4 Å². The Morgan fingerprint density at radius 1 is 0.833 bits per heavy atom. The van der Waals surface area contributed by atoms with Gasteiger partial charge in [0.25, 0.3) is 5.91 Å². The summed E-state index contributed by atoms with van der Waals surface area (Å²) in [7, 11) is 0. The van der Waals surface area contributed by atoms with E-state index in [1.807, 2.05) is 42.5 Å². The summed E-state index contributed by atoms with van der Waals surface area (Å²) in [4.78, 5) is 53.7. The third kappa shape index (κ3) is 9.57. The molecule has 0 saturated carbocycles. The summed E-state index contributed by atoms with van der Waals surface area (Å²) in [5, 5.41) is 23.3. The van der Waals surface area contributed by atoms with Crippen molar-refractivity contribution in [2.45, 2.75) is 63.6 Å². The third-order valence-electron chi connectivity index (χ3n) is 8.40. The van der Waals surface area contributed by atoms with Crippen LogP contribution in [0.5, 0.6) is 11.5 Å². The molecule has 0 spiro atoms. The van der Waals surface area contributed by atoms with Gasteiger partial charge in [-0.25, -0.2) is 0 Å². The predicted molar refractivity (Wildman–Crippen MR) is 183 cm³/mol. The van der Waals surface area contributed by atoms with Gasteiger partial charge in [-0.15, -0.1) is 0 Å². The van der Waals surface area contributed by atoms with Crippen LogP contribution in [0.1, 0.15) is 60.0 Å². The Bertz CT molecular complexity index is 1720. The SMILES string of the molecule is O=C1CC[C@@H](C(=O)NCc2cccc3ccccc23)NC(=O)c2ccccc2OCCCCCCNC(=O)[C@H](Cc2ccc(O)cc2)N1. The molecule has 0 unspecified atom stereocenters. The molecule has 0 fully saturated rings. The van der Waals surface area contributed by atoms with E-state index in [0.717, 1.165) is 47.6 Å². The van der Waals surface area contributed by atoms with Gasteiger partial charge in [0.05, 0.1) is 12.2 Å². The molecule has 0 bridgehead atoms. The number of phenols is 1. The van der Waals surface area contributed by atoms with Crippen LogP contribution in [0.4, 0.5) is 0 Å². The van der Waals surface area contributed by atoms with Gasteiger partial charge >= 0.3 is 0 Å². The molecule has 48 heavy (non-hydrogen) atoms. The van der Waals surface area contributed by atoms with Crippen molar-refractivity contribution in [3.8, 4) is 11.5 Å². The van der Waals surface area contributed by atoms with Crippen molar-refractivity contribution in [2.75, 3.05) is 13.2 Å². The van der Waals surface area contributed by atoms with Crippen molar-refractivity contribution in [3.63, 3.8) is 0 Å². The number of fused-ring (bicyclic) bond motifs is 2. The zero-order valence-corrected chi connectivity index (χ0v) is 26.9. The minimum atomic E-state index is -1.04. The fraction of sp³-hybridized carbons (Fsp3) is 0.316. The van der Waals surface area contributed by atoms with Crippen LogP contribution in [0, 0.1) is 0 Å². The summed E-state index contributed by atoms with van der Waals surface area (Å²) < 4.78 is 5.97. The summed E-state index contributed by atoms with van der Waals surface area (Å²) >= 11 is 0. The smallest absolute Gasteiger partial charge is 0.255 e. The molecule has 1 aliphatic rings. The molecule has 10 nitrogen and oxygen atoms in total. The van der Waals surface area contributed by atoms with E-state index in [1.165, 1.54) is 12.1 Å². The maximum atomic E-state index is 13.6. The third-order valence-corrected chi connectivity index (χ3v) is 8.40. The first-order chi connectivity index (χ1) is 23.4. The minimum Gasteiger partial charge on any atom is -0.508 e. The summed E-state index contributed by atoms with van der Waals surface area (Å²) in [6, 6.07) is 25.2. The lowest BCUT2D eigenvalue weighted by molar-refractivity contribution is -0.129. The van der Waals surface area contributed by atoms with E-state index < -0.39 is 29.8 Å². The van der Waals surface area contributed by atoms with Crippen LogP contribution in [-0.4, -0.2) is 54.0 Å². The maximum Gasteiger partial charge on any atom is 0.255 e. The topological polar surface area (TPSA) is 146 Å². The zero-order valence-electron chi connectivity index (χ0n) is 26.9. The van der Waals surface area contributed by atoms with E-state index in [9.17, 15) is 24.3 Å². The number of benzene rings is 4. The quantitative estimate of drug-likeness (QED) is 0.215. The van der Waals surface area contributed by atoms with Crippen LogP contribution in [-0.2, 0) is 27.3 Å². The summed E-state index contributed by atoms with van der Waals surface area (Å²) in [6.45, 7) is 1.11. The first-order valence-electron chi connectivity index (χ1n) is 16.5. The van der Waals surface area contributed by atoms with Crippen LogP contribution in [0.15, 0.2) is 91.0 Å². The van der Waals surface area contributed by atoms with Gasteiger partial charge in [-0.3, -0.25) is 19.2 Å². The van der Waals surface area contributed by atoms with Crippen molar-refractivity contribution in [1.82, 2.24) is 21.3 Å². The second kappa shape index (κ2) is 17.0. The summed E-state index contributed by atoms with van der Waals surface area (Å²) in [6.07, 6.45) is 3.37. The van der Waals surface area contributed by atoms with Crippen molar-refractivity contribution in [1.29, 1.82) is 0 Å². The second-order valence-electron chi connectivity index (χ2n) is 12.0. The van der Waals surface area contributed by atoms with Gasteiger partial charge in [-0.05, 0) is 65.4 Å². The highest BCUT2D eigenvalue weighted by Crippen LogP contribution is 2.21. The molecule has 2 atom stereocenters. The summed E-state index contributed by atoms with van der Waals surface area (Å²) in [5.74, 6) is -1.15. The predicted octanol–water partition coefficient (Wildman–Crippen LogP) is 4.54. The molecular weight excluding hydrogens is 608 g/mol. The Hall–Kier alpha value is -5.38. The molecule has 0 aromatic heterocycles. The molecule has 1 heterocycles. The van der Waals surface area contributed by atoms with Gasteiger partial charge in [0.2, 0.25) is 17.7 Å². The average Bonchev–Trinajstić information content (AvgIpc) is 3.10. The maximum absolute atomic E-state index is 13.6. The van der Waals surface area contributed by atoms with Crippen molar-refractivity contribution in [3.05, 3.63) is 108 Å². The highest BCUT2D eigenvalue weighted by molar-refractivity contribution is 6.00. The van der Waals surface area contributed by atoms with Gasteiger partial charge in [-0.2, -0.15) is 0 Å². The van der Waals surface area contributed by atoms with Crippen LogP contribution in [0.25, 0.3) is 10.8 Å². The number of hydrogen-bond acceptors (Lipinski definition) is 6. The molecule has 0 saturated heterocycles. The van der Waals surface area contributed by atoms with Crippen molar-refractivity contribution in [2.24, 2.45) is 0 Å². The number of rotatable bonds is 5. The van der Waals surface area contributed by atoms with Crippen LogP contribution in [0.2, 0.25) is 0 Å². The molecule has 0 aliphatic carbocycles. The number of phenolic OH excluding ortho intramolecular Hbond substituents is 1. The molecule has 4 aromatic carbocycles. The van der Waals surface area contributed by atoms with Gasteiger partial charge < -0.3 is 31.1 Å². The number of ether oxygens (including phenoxy) is 1. The lowest BCUT2D eigenvalue weighted by atomic mass is 10.0. The minimum absolute atomic E-state index is 0.00445. The number of hydrogen-bond donors (Lipinski definition) is 5. The van der Waals surface area contributed by atoms with Crippen molar-refractivity contribution >= 4 is 34.4 Å². The first-order valence-corrected chi connectivity index (χ1v) is 16.5. The normalized spacial score (nSPS) is 18.5. The molecule has 1 aliphatic heterocycles. The van der Waals surface area contributed by atoms with Crippen LogP contribution >= 0.6 is 0 Å². The Balaban J connectivity index is 1.35. The van der Waals surface area contributed by atoms with Gasteiger partial charge in [0.1, 0.15) is 23.6 Å². The lowest BCUT2D eigenvalue weighted by Crippen LogP contribution is -2.49. The number of para-hydroxylation sites is 1. The van der Waals surface area contributed by atoms with E-state index in [0.29, 0.717) is 24.5 Å². The molecule has 5 N–H and O–H groups in total. The van der Waals surface area contributed by atoms with Crippen LogP contribution in [0.3, 0.4) is 0 Å². The van der Waals surface area contributed by atoms with Crippen molar-refractivity contribution < 1.29 is 29.0 Å². The standard InChI is InChI=1S/C38H42N4O6/c43-29-18-16-26(17-19-29)24-33-38(47)39-22-7-1-2-8-23-48-34-15-6-5-14-31(34)36(45)42-32(20-21-35(44)41-33)37(46)40-25-28-12-9-11-27-10-3-4-13-30(27)28/h3-6,9-19,32-33,43H,1-2,7-8,20-25H2,(H,39,47)(H,40,46)(H,41,44)(H,42,45)/t32-,33-/m0/s1. The molecule has 0 radical (unpaired) electrons. The fourth-order valence-electron chi connectivity index (χ4n) is 5.75. The fourth-order valence-corrected chi connectivity index (χ4v) is 5.75. The largest absolute Gasteiger partial charge is 0.508 e. The second-order valence-corrected chi connectivity index (χ2v) is 12.0. The molecule has 4 aromatic rings. The Morgan fingerprint density at radius 3 is 2.44 bits per heavy atom. The van der Waals surface area contributed by atoms with Gasteiger partial charge in [0.15, 0.2) is 0 Å². The number of nitrogens with one attached hydrogen (secondary N) is 4. The zero-order chi connectivity index (χ0) is 33.7. The molecular formula is C38H42N4O6. The number of aromatic hydroxyl groups is 1. The first kappa shape index (κ1) is 34.0. The number of carbonyl (C=O) groups is 4. The Morgan fingerprint density at radius 2 is 1.58 bits per heavy atom. The average molecular weight is 651 g/mol. The molecule has 4 amide bonds. The summed E-state index contributed by atoms with van der Waals surface area (Å²) in [5.41, 5.74) is 1.99. The number of carbonyl (C=O) groups excluding carboxylic acids is 4. The highest BCUT2D eigenvalue weighted by atomic mass is 16.5. The van der Waals surface area contributed by atoms with Gasteiger partial charge in [0, 0.05) is 25.9 Å². The lowest BCUT2D eigenvalue weighted by Gasteiger charge is -2.21. The molecule has 250 valence electrons. The Kier molecular flexibility index (Phi) is 12.0. The monoisotopic (exact) mass is 650 g/mol. The highest BCUT2D eigenvalue weighted by Gasteiger charge is 2.26. The molecule has 5 rings (SSSR count). The van der Waals surface area contributed by atoms with E-state index in [-0.39, 0.29) is 37.5 Å². The van der Waals surface area contributed by atoms with Crippen LogP contribution < -0.4 is 26.0 Å². The van der Waals surface area contributed by atoms with E-state index in [4.69, 9.17) is 4.74 Å². The number of amides is 4. The van der Waals surface area contributed by atoms with E-state index in [2.05, 4.69) is 21.3 Å². The molecule has 10 heteroatoms. The van der Waals surface area contributed by atoms with E-state index >= 15 is 0 Å².